The van der Waals surface area contributed by atoms with Gasteiger partial charge in [-0.05, 0) is 37.1 Å². The van der Waals surface area contributed by atoms with Gasteiger partial charge < -0.3 is 9.73 Å². The van der Waals surface area contributed by atoms with Crippen molar-refractivity contribution in [2.24, 2.45) is 0 Å². The first kappa shape index (κ1) is 11.3. The van der Waals surface area contributed by atoms with Crippen LogP contribution in [0.4, 0.5) is 16.4 Å². The summed E-state index contributed by atoms with van der Waals surface area (Å²) in [5.74, 6) is 0.424. The fourth-order valence-electron chi connectivity index (χ4n) is 1.50. The summed E-state index contributed by atoms with van der Waals surface area (Å²) in [4.78, 5) is 11.7. The minimum absolute atomic E-state index is 0.311. The molecule has 0 aliphatic rings. The van der Waals surface area contributed by atoms with Crippen LogP contribution in [0, 0.1) is 13.8 Å². The first-order valence-electron chi connectivity index (χ1n) is 5.34. The number of aryl methyl sites for hydroxylation is 1. The summed E-state index contributed by atoms with van der Waals surface area (Å²) >= 11 is 0. The van der Waals surface area contributed by atoms with Crippen LogP contribution in [0.2, 0.25) is 0 Å². The van der Waals surface area contributed by atoms with E-state index in [1.165, 1.54) is 6.26 Å². The van der Waals surface area contributed by atoms with E-state index in [-0.39, 0.29) is 6.03 Å². The van der Waals surface area contributed by atoms with Crippen molar-refractivity contribution in [1.82, 2.24) is 0 Å². The summed E-state index contributed by atoms with van der Waals surface area (Å²) in [6, 6.07) is 8.87. The van der Waals surface area contributed by atoms with Gasteiger partial charge >= 0.3 is 6.03 Å². The highest BCUT2D eigenvalue weighted by Crippen LogP contribution is 2.18. The lowest BCUT2D eigenvalue weighted by Crippen LogP contribution is -2.19. The Hall–Kier alpha value is -2.23. The predicted octanol–water partition coefficient (Wildman–Crippen LogP) is 3.54. The van der Waals surface area contributed by atoms with Crippen LogP contribution in [0.15, 0.2) is 41.0 Å². The van der Waals surface area contributed by atoms with E-state index in [0.29, 0.717) is 5.88 Å². The molecular weight excluding hydrogens is 216 g/mol. The molecule has 2 N–H and O–H groups in total. The van der Waals surface area contributed by atoms with Crippen LogP contribution in [-0.4, -0.2) is 6.03 Å². The fraction of sp³-hybridized carbons (Fsp3) is 0.154. The average Bonchev–Trinajstić information content (AvgIpc) is 2.77. The molecule has 0 radical (unpaired) electrons. The van der Waals surface area contributed by atoms with Crippen molar-refractivity contribution in [1.29, 1.82) is 0 Å². The number of rotatable bonds is 2. The van der Waals surface area contributed by atoms with Gasteiger partial charge in [-0.15, -0.1) is 0 Å². The maximum Gasteiger partial charge on any atom is 0.326 e. The summed E-state index contributed by atoms with van der Waals surface area (Å²) in [5, 5.41) is 5.38. The van der Waals surface area contributed by atoms with Gasteiger partial charge in [-0.1, -0.05) is 12.1 Å². The van der Waals surface area contributed by atoms with Crippen LogP contribution in [0.25, 0.3) is 0 Å². The summed E-state index contributed by atoms with van der Waals surface area (Å²) in [6.07, 6.45) is 1.51. The zero-order valence-corrected chi connectivity index (χ0v) is 9.78. The molecule has 0 aliphatic carbocycles. The van der Waals surface area contributed by atoms with Gasteiger partial charge in [0.1, 0.15) is 0 Å². The number of amides is 2. The van der Waals surface area contributed by atoms with Crippen LogP contribution in [0.3, 0.4) is 0 Å². The molecule has 4 nitrogen and oxygen atoms in total. The number of carbonyl (C=O) groups is 1. The Bertz CT molecular complexity index is 518. The highest BCUT2D eigenvalue weighted by atomic mass is 16.3. The quantitative estimate of drug-likeness (QED) is 0.829. The van der Waals surface area contributed by atoms with Gasteiger partial charge in [-0.3, -0.25) is 5.32 Å². The van der Waals surface area contributed by atoms with Crippen molar-refractivity contribution < 1.29 is 9.21 Å². The average molecular weight is 230 g/mol. The second-order valence-corrected chi connectivity index (χ2v) is 3.80. The third-order valence-electron chi connectivity index (χ3n) is 2.61. The second kappa shape index (κ2) is 4.74. The monoisotopic (exact) mass is 230 g/mol. The van der Waals surface area contributed by atoms with Crippen molar-refractivity contribution in [2.75, 3.05) is 10.6 Å². The van der Waals surface area contributed by atoms with Gasteiger partial charge in [0, 0.05) is 11.8 Å². The molecular formula is C13H14N2O2. The van der Waals surface area contributed by atoms with Gasteiger partial charge in [-0.2, -0.15) is 0 Å². The van der Waals surface area contributed by atoms with E-state index < -0.39 is 0 Å². The van der Waals surface area contributed by atoms with Crippen LogP contribution in [-0.2, 0) is 0 Å². The molecule has 0 saturated heterocycles. The Morgan fingerprint density at radius 3 is 2.65 bits per heavy atom. The summed E-state index contributed by atoms with van der Waals surface area (Å²) in [6.45, 7) is 3.97. The molecule has 2 rings (SSSR count). The lowest BCUT2D eigenvalue weighted by atomic mass is 10.1. The summed E-state index contributed by atoms with van der Waals surface area (Å²) in [5.41, 5.74) is 3.00. The van der Waals surface area contributed by atoms with E-state index in [4.69, 9.17) is 4.42 Å². The van der Waals surface area contributed by atoms with Crippen molar-refractivity contribution in [3.8, 4) is 0 Å². The van der Waals surface area contributed by atoms with E-state index in [1.807, 2.05) is 32.0 Å². The SMILES string of the molecule is Cc1cccc(NC(=O)Nc2ccco2)c1C. The molecule has 88 valence electrons. The largest absolute Gasteiger partial charge is 0.449 e. The highest BCUT2D eigenvalue weighted by molar-refractivity contribution is 5.99. The van der Waals surface area contributed by atoms with Crippen LogP contribution in [0.1, 0.15) is 11.1 Å². The topological polar surface area (TPSA) is 54.3 Å². The van der Waals surface area contributed by atoms with Gasteiger partial charge in [0.15, 0.2) is 0 Å². The zero-order chi connectivity index (χ0) is 12.3. The Morgan fingerprint density at radius 1 is 1.12 bits per heavy atom. The van der Waals surface area contributed by atoms with E-state index in [9.17, 15) is 4.79 Å². The summed E-state index contributed by atoms with van der Waals surface area (Å²) < 4.78 is 5.02. The molecule has 1 aromatic carbocycles. The van der Waals surface area contributed by atoms with Gasteiger partial charge in [0.25, 0.3) is 0 Å². The first-order valence-corrected chi connectivity index (χ1v) is 5.34. The Morgan fingerprint density at radius 2 is 1.94 bits per heavy atom. The molecule has 0 atom stereocenters. The van der Waals surface area contributed by atoms with E-state index in [1.54, 1.807) is 12.1 Å². The standard InChI is InChI=1S/C13H14N2O2/c1-9-5-3-6-11(10(9)2)14-13(16)15-12-7-4-8-17-12/h3-8H,1-2H3,(H2,14,15,16). The van der Waals surface area contributed by atoms with Gasteiger partial charge in [-0.25, -0.2) is 4.79 Å². The molecule has 4 heteroatoms. The maximum absolute atomic E-state index is 11.7. The molecule has 1 aromatic heterocycles. The molecule has 2 amide bonds. The lowest BCUT2D eigenvalue weighted by molar-refractivity contribution is 0.261. The van der Waals surface area contributed by atoms with Crippen LogP contribution in [0.5, 0.6) is 0 Å². The van der Waals surface area contributed by atoms with Crippen molar-refractivity contribution in [2.45, 2.75) is 13.8 Å². The Balaban J connectivity index is 2.06. The number of carbonyl (C=O) groups excluding carboxylic acids is 1. The third kappa shape index (κ3) is 2.66. The molecule has 0 unspecified atom stereocenters. The molecule has 0 aliphatic heterocycles. The normalized spacial score (nSPS) is 10.0. The van der Waals surface area contributed by atoms with Gasteiger partial charge in [0.05, 0.1) is 6.26 Å². The number of furan rings is 1. The molecule has 17 heavy (non-hydrogen) atoms. The van der Waals surface area contributed by atoms with Gasteiger partial charge in [0.2, 0.25) is 5.88 Å². The second-order valence-electron chi connectivity index (χ2n) is 3.80. The van der Waals surface area contributed by atoms with Crippen molar-refractivity contribution >= 4 is 17.6 Å². The maximum atomic E-state index is 11.7. The molecule has 0 bridgehead atoms. The van der Waals surface area contributed by atoms with Crippen LogP contribution >= 0.6 is 0 Å². The molecule has 2 aromatic rings. The summed E-state index contributed by atoms with van der Waals surface area (Å²) in [7, 11) is 0. The minimum Gasteiger partial charge on any atom is -0.449 e. The number of benzene rings is 1. The van der Waals surface area contributed by atoms with Crippen LogP contribution < -0.4 is 10.6 Å². The minimum atomic E-state index is -0.311. The smallest absolute Gasteiger partial charge is 0.326 e. The molecule has 1 heterocycles. The van der Waals surface area contributed by atoms with Crippen molar-refractivity contribution in [3.63, 3.8) is 0 Å². The number of nitrogens with one attached hydrogen (secondary N) is 2. The van der Waals surface area contributed by atoms with E-state index in [0.717, 1.165) is 16.8 Å². The van der Waals surface area contributed by atoms with E-state index in [2.05, 4.69) is 10.6 Å². The Labute approximate surface area is 99.6 Å². The molecule has 0 spiro atoms. The molecule has 0 fully saturated rings. The fourth-order valence-corrected chi connectivity index (χ4v) is 1.50. The zero-order valence-electron chi connectivity index (χ0n) is 9.78. The lowest BCUT2D eigenvalue weighted by Gasteiger charge is -2.10. The highest BCUT2D eigenvalue weighted by Gasteiger charge is 2.06. The van der Waals surface area contributed by atoms with E-state index >= 15 is 0 Å². The Kier molecular flexibility index (Phi) is 3.14. The number of hydrogen-bond donors (Lipinski definition) is 2. The van der Waals surface area contributed by atoms with Crippen molar-refractivity contribution in [3.05, 3.63) is 47.7 Å². The first-order chi connectivity index (χ1) is 8.16. The predicted molar refractivity (Wildman–Crippen MR) is 67.3 cm³/mol. The number of hydrogen-bond acceptors (Lipinski definition) is 2. The molecule has 0 saturated carbocycles. The number of anilines is 2. The third-order valence-corrected chi connectivity index (χ3v) is 2.61. The number of urea groups is 1.